The number of aliphatic hydroxyl groups is 1. The van der Waals surface area contributed by atoms with Crippen LogP contribution < -0.4 is 5.73 Å². The average Bonchev–Trinajstić information content (AvgIpc) is 2.09. The van der Waals surface area contributed by atoms with Crippen molar-refractivity contribution in [2.45, 2.75) is 24.6 Å². The summed E-state index contributed by atoms with van der Waals surface area (Å²) >= 11 is 1.43. The van der Waals surface area contributed by atoms with Gasteiger partial charge in [0, 0.05) is 23.3 Å². The zero-order valence-electron chi connectivity index (χ0n) is 8.64. The molecule has 0 aromatic rings. The van der Waals surface area contributed by atoms with Crippen LogP contribution >= 0.6 is 11.8 Å². The second-order valence-corrected chi connectivity index (χ2v) is 6.90. The number of nitrogens with two attached hydrogens (primary N) is 1. The van der Waals surface area contributed by atoms with Gasteiger partial charge in [0.25, 0.3) is 0 Å². The summed E-state index contributed by atoms with van der Waals surface area (Å²) in [7, 11) is -2.90. The maximum absolute atomic E-state index is 10.8. The largest absolute Gasteiger partial charge is 0.395 e. The van der Waals surface area contributed by atoms with Gasteiger partial charge in [-0.05, 0) is 6.42 Å². The molecule has 0 heterocycles. The van der Waals surface area contributed by atoms with E-state index in [1.165, 1.54) is 18.0 Å². The molecule has 86 valence electrons. The lowest BCUT2D eigenvalue weighted by Gasteiger charge is -2.19. The van der Waals surface area contributed by atoms with Crippen molar-refractivity contribution in [3.63, 3.8) is 0 Å². The van der Waals surface area contributed by atoms with Gasteiger partial charge in [-0.1, -0.05) is 6.92 Å². The Balaban J connectivity index is 3.85. The molecular formula is C8H19NO3S2. The highest BCUT2D eigenvalue weighted by Crippen LogP contribution is 2.15. The molecule has 0 radical (unpaired) electrons. The quantitative estimate of drug-likeness (QED) is 0.648. The van der Waals surface area contributed by atoms with Crippen LogP contribution in [0.4, 0.5) is 0 Å². The smallest absolute Gasteiger partial charge is 0.148 e. The van der Waals surface area contributed by atoms with Crippen LogP contribution in [0.1, 0.15) is 13.3 Å². The van der Waals surface area contributed by atoms with Crippen LogP contribution in [-0.4, -0.2) is 49.2 Å². The highest BCUT2D eigenvalue weighted by atomic mass is 32.2. The molecule has 0 aliphatic heterocycles. The van der Waals surface area contributed by atoms with Gasteiger partial charge in [-0.15, -0.1) is 0 Å². The van der Waals surface area contributed by atoms with Crippen molar-refractivity contribution in [1.82, 2.24) is 0 Å². The van der Waals surface area contributed by atoms with Crippen LogP contribution in [0.3, 0.4) is 0 Å². The third kappa shape index (κ3) is 6.64. The summed E-state index contributed by atoms with van der Waals surface area (Å²) < 4.78 is 21.7. The Bertz CT molecular complexity index is 241. The van der Waals surface area contributed by atoms with Crippen LogP contribution in [0.15, 0.2) is 0 Å². The van der Waals surface area contributed by atoms with Crippen LogP contribution in [0.5, 0.6) is 0 Å². The summed E-state index contributed by atoms with van der Waals surface area (Å²) in [5, 5.41) is 8.95. The second-order valence-electron chi connectivity index (χ2n) is 3.29. The zero-order chi connectivity index (χ0) is 11.2. The van der Waals surface area contributed by atoms with Crippen LogP contribution in [0.25, 0.3) is 0 Å². The molecule has 3 N–H and O–H groups in total. The normalized spacial score (nSPS) is 16.6. The van der Waals surface area contributed by atoms with E-state index in [2.05, 4.69) is 0 Å². The molecular weight excluding hydrogens is 222 g/mol. The van der Waals surface area contributed by atoms with Gasteiger partial charge in [0.05, 0.1) is 12.4 Å². The molecule has 0 amide bonds. The predicted molar refractivity (Wildman–Crippen MR) is 61.3 cm³/mol. The lowest BCUT2D eigenvalue weighted by Crippen LogP contribution is -2.34. The lowest BCUT2D eigenvalue weighted by atomic mass is 10.2. The predicted octanol–water partition coefficient (Wildman–Crippen LogP) is -0.138. The number of hydrogen-bond donors (Lipinski definition) is 2. The summed E-state index contributed by atoms with van der Waals surface area (Å²) in [5.41, 5.74) is 5.75. The Hall–Kier alpha value is 0.220. The number of sulfone groups is 1. The van der Waals surface area contributed by atoms with E-state index in [1.54, 1.807) is 0 Å². The lowest BCUT2D eigenvalue weighted by molar-refractivity contribution is 0.281. The number of thioether (sulfide) groups is 1. The molecule has 6 heteroatoms. The average molecular weight is 241 g/mol. The molecule has 14 heavy (non-hydrogen) atoms. The molecule has 0 spiro atoms. The number of rotatable bonds is 7. The molecule has 0 saturated heterocycles. The molecule has 0 saturated carbocycles. The minimum Gasteiger partial charge on any atom is -0.395 e. The van der Waals surface area contributed by atoms with Crippen molar-refractivity contribution in [1.29, 1.82) is 0 Å². The zero-order valence-corrected chi connectivity index (χ0v) is 10.3. The maximum Gasteiger partial charge on any atom is 0.148 e. The SMILES string of the molecule is CCC(N)C(CO)SCCS(C)(=O)=O. The standard InChI is InChI=1S/C8H19NO3S2/c1-3-7(9)8(6-10)13-4-5-14(2,11)12/h7-8,10H,3-6,9H2,1-2H3. The third-order valence-electron chi connectivity index (χ3n) is 1.91. The molecule has 0 aromatic heterocycles. The first-order valence-electron chi connectivity index (χ1n) is 4.56. The van der Waals surface area contributed by atoms with Gasteiger partial charge in [0.1, 0.15) is 9.84 Å². The Morgan fingerprint density at radius 1 is 1.50 bits per heavy atom. The molecule has 0 fully saturated rings. The topological polar surface area (TPSA) is 80.4 Å². The molecule has 0 aliphatic carbocycles. The maximum atomic E-state index is 10.8. The minimum absolute atomic E-state index is 0.00341. The fourth-order valence-electron chi connectivity index (χ4n) is 0.925. The highest BCUT2D eigenvalue weighted by Gasteiger charge is 2.16. The van der Waals surface area contributed by atoms with Crippen molar-refractivity contribution in [2.24, 2.45) is 5.73 Å². The Morgan fingerprint density at radius 2 is 2.07 bits per heavy atom. The number of hydrogen-bond acceptors (Lipinski definition) is 5. The molecule has 0 bridgehead atoms. The van der Waals surface area contributed by atoms with Crippen molar-refractivity contribution >= 4 is 21.6 Å². The van der Waals surface area contributed by atoms with Gasteiger partial charge in [0.2, 0.25) is 0 Å². The van der Waals surface area contributed by atoms with Gasteiger partial charge in [0.15, 0.2) is 0 Å². The van der Waals surface area contributed by atoms with E-state index < -0.39 is 9.84 Å². The van der Waals surface area contributed by atoms with E-state index in [0.717, 1.165) is 6.42 Å². The highest BCUT2D eigenvalue weighted by molar-refractivity contribution is 8.01. The molecule has 0 aromatic carbocycles. The van der Waals surface area contributed by atoms with Gasteiger partial charge < -0.3 is 10.8 Å². The van der Waals surface area contributed by atoms with Crippen LogP contribution in [-0.2, 0) is 9.84 Å². The molecule has 4 nitrogen and oxygen atoms in total. The first-order valence-corrected chi connectivity index (χ1v) is 7.67. The van der Waals surface area contributed by atoms with Crippen molar-refractivity contribution in [2.75, 3.05) is 24.4 Å². The van der Waals surface area contributed by atoms with Gasteiger partial charge >= 0.3 is 0 Å². The molecule has 0 aliphatic rings. The minimum atomic E-state index is -2.90. The second kappa shape index (κ2) is 6.66. The summed E-state index contributed by atoms with van der Waals surface area (Å²) in [5.74, 6) is 0.641. The molecule has 2 unspecified atom stereocenters. The van der Waals surface area contributed by atoms with Crippen LogP contribution in [0, 0.1) is 0 Å². The van der Waals surface area contributed by atoms with E-state index >= 15 is 0 Å². The van der Waals surface area contributed by atoms with Crippen molar-refractivity contribution in [3.8, 4) is 0 Å². The Labute approximate surface area is 90.2 Å². The summed E-state index contributed by atoms with van der Waals surface area (Å²) in [6, 6.07) is -0.0652. The summed E-state index contributed by atoms with van der Waals surface area (Å²) in [4.78, 5) is 0. The fourth-order valence-corrected chi connectivity index (χ4v) is 3.37. The monoisotopic (exact) mass is 241 g/mol. The van der Waals surface area contributed by atoms with Crippen molar-refractivity contribution < 1.29 is 13.5 Å². The molecule has 0 rings (SSSR count). The van der Waals surface area contributed by atoms with E-state index in [4.69, 9.17) is 10.8 Å². The van der Waals surface area contributed by atoms with E-state index in [0.29, 0.717) is 5.75 Å². The van der Waals surface area contributed by atoms with Gasteiger partial charge in [-0.3, -0.25) is 0 Å². The summed E-state index contributed by atoms with van der Waals surface area (Å²) in [6.45, 7) is 1.95. The third-order valence-corrected chi connectivity index (χ3v) is 4.49. The van der Waals surface area contributed by atoms with Gasteiger partial charge in [-0.2, -0.15) is 11.8 Å². The van der Waals surface area contributed by atoms with E-state index in [-0.39, 0.29) is 23.7 Å². The Morgan fingerprint density at radius 3 is 2.43 bits per heavy atom. The first kappa shape index (κ1) is 14.2. The number of aliphatic hydroxyl groups excluding tert-OH is 1. The van der Waals surface area contributed by atoms with E-state index in [9.17, 15) is 8.42 Å². The Kier molecular flexibility index (Phi) is 6.76. The molecule has 2 atom stereocenters. The van der Waals surface area contributed by atoms with Crippen LogP contribution in [0.2, 0.25) is 0 Å². The first-order chi connectivity index (χ1) is 6.40. The van der Waals surface area contributed by atoms with E-state index in [1.807, 2.05) is 6.92 Å². The van der Waals surface area contributed by atoms with Crippen molar-refractivity contribution in [3.05, 3.63) is 0 Å². The fraction of sp³-hybridized carbons (Fsp3) is 1.00. The van der Waals surface area contributed by atoms with Gasteiger partial charge in [-0.25, -0.2) is 8.42 Å². The summed E-state index contributed by atoms with van der Waals surface area (Å²) in [6.07, 6.45) is 2.00.